The highest BCUT2D eigenvalue weighted by Gasteiger charge is 2.24. The van der Waals surface area contributed by atoms with Crippen molar-refractivity contribution in [2.75, 3.05) is 25.4 Å². The minimum Gasteiger partial charge on any atom is -0.396 e. The predicted molar refractivity (Wildman–Crippen MR) is 81.9 cm³/mol. The van der Waals surface area contributed by atoms with E-state index >= 15 is 0 Å². The molecule has 5 heteroatoms. The molecule has 0 unspecified atom stereocenters. The number of nitrogens with zero attached hydrogens (tertiary/aromatic N) is 2. The topological polar surface area (TPSA) is 79.5 Å². The summed E-state index contributed by atoms with van der Waals surface area (Å²) in [6.45, 7) is 1.53. The molecule has 1 amide bonds. The van der Waals surface area contributed by atoms with Crippen molar-refractivity contribution in [2.24, 2.45) is 5.92 Å². The number of pyridine rings is 1. The SMILES string of the molecule is Nc1nc(C(=O)N2CCC(CO)CC2)cc2ccccc12. The van der Waals surface area contributed by atoms with Crippen LogP contribution in [0.4, 0.5) is 5.82 Å². The highest BCUT2D eigenvalue weighted by molar-refractivity contribution is 5.99. The van der Waals surface area contributed by atoms with Crippen molar-refractivity contribution in [1.29, 1.82) is 0 Å². The Morgan fingerprint density at radius 2 is 2.05 bits per heavy atom. The van der Waals surface area contributed by atoms with Crippen molar-refractivity contribution in [1.82, 2.24) is 9.88 Å². The molecule has 2 heterocycles. The number of carbonyl (C=O) groups is 1. The minimum atomic E-state index is -0.0798. The second kappa shape index (κ2) is 5.69. The molecule has 0 bridgehead atoms. The summed E-state index contributed by atoms with van der Waals surface area (Å²) in [6, 6.07) is 9.46. The summed E-state index contributed by atoms with van der Waals surface area (Å²) in [7, 11) is 0. The molecule has 110 valence electrons. The van der Waals surface area contributed by atoms with Crippen LogP contribution in [0.3, 0.4) is 0 Å². The standard InChI is InChI=1S/C16H19N3O2/c17-15-13-4-2-1-3-12(13)9-14(18-15)16(21)19-7-5-11(10-20)6-8-19/h1-4,9,11,20H,5-8,10H2,(H2,17,18). The summed E-state index contributed by atoms with van der Waals surface area (Å²) in [5.74, 6) is 0.620. The Morgan fingerprint density at radius 3 is 2.76 bits per heavy atom. The molecule has 1 fully saturated rings. The second-order valence-corrected chi connectivity index (χ2v) is 5.53. The number of nitrogen functional groups attached to an aromatic ring is 1. The molecule has 0 aliphatic carbocycles. The van der Waals surface area contributed by atoms with Gasteiger partial charge in [0.15, 0.2) is 0 Å². The average molecular weight is 285 g/mol. The van der Waals surface area contributed by atoms with Gasteiger partial charge in [-0.2, -0.15) is 0 Å². The quantitative estimate of drug-likeness (QED) is 0.879. The van der Waals surface area contributed by atoms with Gasteiger partial charge in [-0.3, -0.25) is 4.79 Å². The molecule has 21 heavy (non-hydrogen) atoms. The van der Waals surface area contributed by atoms with E-state index in [1.165, 1.54) is 0 Å². The largest absolute Gasteiger partial charge is 0.396 e. The number of piperidine rings is 1. The van der Waals surface area contributed by atoms with Crippen LogP contribution in [0.1, 0.15) is 23.3 Å². The van der Waals surface area contributed by atoms with Crippen LogP contribution >= 0.6 is 0 Å². The van der Waals surface area contributed by atoms with Crippen LogP contribution in [-0.2, 0) is 0 Å². The molecule has 5 nitrogen and oxygen atoms in total. The van der Waals surface area contributed by atoms with Crippen LogP contribution in [0, 0.1) is 5.92 Å². The summed E-state index contributed by atoms with van der Waals surface area (Å²) >= 11 is 0. The monoisotopic (exact) mass is 285 g/mol. The Labute approximate surface area is 123 Å². The van der Waals surface area contributed by atoms with Crippen molar-refractivity contribution in [3.05, 3.63) is 36.0 Å². The van der Waals surface area contributed by atoms with Crippen LogP contribution in [0.5, 0.6) is 0 Å². The molecule has 1 aliphatic rings. The van der Waals surface area contributed by atoms with Gasteiger partial charge in [0, 0.05) is 25.1 Å². The molecule has 2 aromatic rings. The Bertz CT molecular complexity index is 664. The van der Waals surface area contributed by atoms with Crippen molar-refractivity contribution < 1.29 is 9.90 Å². The lowest BCUT2D eigenvalue weighted by Gasteiger charge is -2.31. The Balaban J connectivity index is 1.85. The van der Waals surface area contributed by atoms with E-state index in [0.717, 1.165) is 23.6 Å². The van der Waals surface area contributed by atoms with E-state index in [1.807, 2.05) is 24.3 Å². The fourth-order valence-corrected chi connectivity index (χ4v) is 2.82. The molecule has 3 rings (SSSR count). The first-order chi connectivity index (χ1) is 10.2. The van der Waals surface area contributed by atoms with Crippen LogP contribution in [0.15, 0.2) is 30.3 Å². The number of hydrogen-bond donors (Lipinski definition) is 2. The number of nitrogens with two attached hydrogens (primary N) is 1. The van der Waals surface area contributed by atoms with Crippen molar-refractivity contribution >= 4 is 22.5 Å². The molecule has 3 N–H and O–H groups in total. The fraction of sp³-hybridized carbons (Fsp3) is 0.375. The van der Waals surface area contributed by atoms with E-state index in [0.29, 0.717) is 30.5 Å². The third kappa shape index (κ3) is 2.69. The van der Waals surface area contributed by atoms with Gasteiger partial charge in [0.1, 0.15) is 11.5 Å². The fourth-order valence-electron chi connectivity index (χ4n) is 2.82. The van der Waals surface area contributed by atoms with Gasteiger partial charge in [0.05, 0.1) is 0 Å². The van der Waals surface area contributed by atoms with Gasteiger partial charge < -0.3 is 15.7 Å². The Morgan fingerprint density at radius 1 is 1.33 bits per heavy atom. The summed E-state index contributed by atoms with van der Waals surface area (Å²) in [5.41, 5.74) is 6.35. The number of likely N-dealkylation sites (tertiary alicyclic amines) is 1. The van der Waals surface area contributed by atoms with E-state index in [4.69, 9.17) is 10.8 Å². The van der Waals surface area contributed by atoms with Crippen molar-refractivity contribution in [3.8, 4) is 0 Å². The van der Waals surface area contributed by atoms with E-state index < -0.39 is 0 Å². The highest BCUT2D eigenvalue weighted by Crippen LogP contribution is 2.22. The van der Waals surface area contributed by atoms with Crippen LogP contribution in [0.2, 0.25) is 0 Å². The molecular formula is C16H19N3O2. The van der Waals surface area contributed by atoms with Crippen LogP contribution < -0.4 is 5.73 Å². The minimum absolute atomic E-state index is 0.0798. The third-order valence-electron chi connectivity index (χ3n) is 4.15. The molecular weight excluding hydrogens is 266 g/mol. The molecule has 1 aromatic carbocycles. The molecule has 0 saturated carbocycles. The lowest BCUT2D eigenvalue weighted by Crippen LogP contribution is -2.39. The number of aliphatic hydroxyl groups excluding tert-OH is 1. The van der Waals surface area contributed by atoms with Gasteiger partial charge >= 0.3 is 0 Å². The molecule has 0 spiro atoms. The van der Waals surface area contributed by atoms with Gasteiger partial charge in [-0.25, -0.2) is 4.98 Å². The van der Waals surface area contributed by atoms with Crippen molar-refractivity contribution in [2.45, 2.75) is 12.8 Å². The predicted octanol–water partition coefficient (Wildman–Crippen LogP) is 1.66. The zero-order valence-corrected chi connectivity index (χ0v) is 11.8. The maximum absolute atomic E-state index is 12.5. The van der Waals surface area contributed by atoms with Gasteiger partial charge in [0.2, 0.25) is 0 Å². The molecule has 1 aromatic heterocycles. The highest BCUT2D eigenvalue weighted by atomic mass is 16.3. The van der Waals surface area contributed by atoms with E-state index in [-0.39, 0.29) is 12.5 Å². The number of aliphatic hydroxyl groups is 1. The summed E-state index contributed by atoms with van der Waals surface area (Å²) < 4.78 is 0. The Hall–Kier alpha value is -2.14. The zero-order valence-electron chi connectivity index (χ0n) is 11.8. The number of amides is 1. The van der Waals surface area contributed by atoms with Gasteiger partial charge in [-0.05, 0) is 30.2 Å². The smallest absolute Gasteiger partial charge is 0.272 e. The first-order valence-electron chi connectivity index (χ1n) is 7.24. The third-order valence-corrected chi connectivity index (χ3v) is 4.15. The number of benzene rings is 1. The number of fused-ring (bicyclic) bond motifs is 1. The first kappa shape index (κ1) is 13.8. The number of hydrogen-bond acceptors (Lipinski definition) is 4. The number of aromatic nitrogens is 1. The molecule has 0 atom stereocenters. The zero-order chi connectivity index (χ0) is 14.8. The number of anilines is 1. The summed E-state index contributed by atoms with van der Waals surface area (Å²) in [6.07, 6.45) is 1.68. The molecule has 1 aliphatic heterocycles. The van der Waals surface area contributed by atoms with E-state index in [1.54, 1.807) is 11.0 Å². The van der Waals surface area contributed by atoms with Crippen LogP contribution in [-0.4, -0.2) is 40.6 Å². The Kier molecular flexibility index (Phi) is 3.75. The van der Waals surface area contributed by atoms with Crippen LogP contribution in [0.25, 0.3) is 10.8 Å². The van der Waals surface area contributed by atoms with Crippen molar-refractivity contribution in [3.63, 3.8) is 0 Å². The summed E-state index contributed by atoms with van der Waals surface area (Å²) in [5, 5.41) is 11.0. The average Bonchev–Trinajstić information content (AvgIpc) is 2.54. The van der Waals surface area contributed by atoms with E-state index in [9.17, 15) is 4.79 Å². The normalized spacial score (nSPS) is 16.3. The van der Waals surface area contributed by atoms with Gasteiger partial charge in [-0.1, -0.05) is 24.3 Å². The lowest BCUT2D eigenvalue weighted by atomic mass is 9.97. The second-order valence-electron chi connectivity index (χ2n) is 5.53. The first-order valence-corrected chi connectivity index (χ1v) is 7.24. The van der Waals surface area contributed by atoms with Gasteiger partial charge in [-0.15, -0.1) is 0 Å². The van der Waals surface area contributed by atoms with E-state index in [2.05, 4.69) is 4.98 Å². The number of rotatable bonds is 2. The maximum atomic E-state index is 12.5. The molecule has 1 saturated heterocycles. The lowest BCUT2D eigenvalue weighted by molar-refractivity contribution is 0.0645. The molecule has 0 radical (unpaired) electrons. The van der Waals surface area contributed by atoms with Gasteiger partial charge in [0.25, 0.3) is 5.91 Å². The maximum Gasteiger partial charge on any atom is 0.272 e. The number of carbonyl (C=O) groups excluding carboxylic acids is 1. The summed E-state index contributed by atoms with van der Waals surface area (Å²) in [4.78, 5) is 18.6.